The number of pyridine rings is 1. The Labute approximate surface area is 91.3 Å². The summed E-state index contributed by atoms with van der Waals surface area (Å²) in [6.45, 7) is -0.0290. The molecule has 6 heteroatoms. The first-order valence-electron chi connectivity index (χ1n) is 4.61. The molecule has 0 aliphatic carbocycles. The average Bonchev–Trinajstić information content (AvgIpc) is 2.30. The van der Waals surface area contributed by atoms with Crippen LogP contribution in [0.1, 0.15) is 5.69 Å². The van der Waals surface area contributed by atoms with Crippen LogP contribution in [-0.4, -0.2) is 21.5 Å². The summed E-state index contributed by atoms with van der Waals surface area (Å²) < 4.78 is 0. The maximum absolute atomic E-state index is 11.5. The molecule has 1 aliphatic heterocycles. The van der Waals surface area contributed by atoms with Gasteiger partial charge in [0.15, 0.2) is 0 Å². The molecular weight excluding hydrogens is 210 g/mol. The van der Waals surface area contributed by atoms with Crippen molar-refractivity contribution in [2.75, 3.05) is 6.54 Å². The summed E-state index contributed by atoms with van der Waals surface area (Å²) in [6.07, 6.45) is 4.05. The van der Waals surface area contributed by atoms with E-state index in [4.69, 9.17) is 0 Å². The molecule has 0 saturated heterocycles. The van der Waals surface area contributed by atoms with E-state index in [2.05, 4.69) is 4.98 Å². The predicted molar refractivity (Wildman–Crippen MR) is 57.4 cm³/mol. The molecule has 2 rings (SSSR count). The molecule has 2 heterocycles. The normalized spacial score (nSPS) is 15.4. The molecule has 1 aromatic rings. The highest BCUT2D eigenvalue weighted by Crippen LogP contribution is 2.22. The molecule has 0 unspecified atom stereocenters. The second kappa shape index (κ2) is 4.11. The smallest absolute Gasteiger partial charge is 0.269 e. The molecular formula is C10H8N3O3-. The van der Waals surface area contributed by atoms with Gasteiger partial charge >= 0.3 is 0 Å². The Balaban J connectivity index is 2.39. The van der Waals surface area contributed by atoms with Crippen LogP contribution in [0.3, 0.4) is 0 Å². The second-order valence-electron chi connectivity index (χ2n) is 3.19. The van der Waals surface area contributed by atoms with Crippen LogP contribution in [0, 0.1) is 15.3 Å². The summed E-state index contributed by atoms with van der Waals surface area (Å²) in [4.78, 5) is 14.1. The molecule has 1 aliphatic rings. The van der Waals surface area contributed by atoms with E-state index in [1.807, 2.05) is 0 Å². The van der Waals surface area contributed by atoms with Gasteiger partial charge < -0.3 is 10.3 Å². The zero-order valence-electron chi connectivity index (χ0n) is 8.24. The highest BCUT2D eigenvalue weighted by Gasteiger charge is 2.16. The van der Waals surface area contributed by atoms with Crippen LogP contribution in [-0.2, 0) is 0 Å². The van der Waals surface area contributed by atoms with Gasteiger partial charge in [-0.05, 0) is 12.1 Å². The molecule has 0 N–H and O–H groups in total. The van der Waals surface area contributed by atoms with Crippen LogP contribution >= 0.6 is 0 Å². The van der Waals surface area contributed by atoms with Crippen molar-refractivity contribution in [2.45, 2.75) is 0 Å². The van der Waals surface area contributed by atoms with Gasteiger partial charge in [-0.25, -0.2) is 0 Å². The van der Waals surface area contributed by atoms with Crippen molar-refractivity contribution in [3.63, 3.8) is 0 Å². The number of aromatic nitrogens is 1. The highest BCUT2D eigenvalue weighted by molar-refractivity contribution is 5.65. The number of nitrogens with zero attached hydrogens (tertiary/aromatic N) is 3. The zero-order valence-corrected chi connectivity index (χ0v) is 8.24. The lowest BCUT2D eigenvalue weighted by molar-refractivity contribution is -0.419. The number of hydrogen-bond donors (Lipinski definition) is 0. The Morgan fingerprint density at radius 1 is 1.44 bits per heavy atom. The molecule has 0 aromatic carbocycles. The van der Waals surface area contributed by atoms with Crippen LogP contribution in [0.2, 0.25) is 0 Å². The van der Waals surface area contributed by atoms with Gasteiger partial charge in [0.05, 0.1) is 16.3 Å². The molecule has 0 spiro atoms. The van der Waals surface area contributed by atoms with E-state index in [-0.39, 0.29) is 17.9 Å². The van der Waals surface area contributed by atoms with Crippen molar-refractivity contribution < 1.29 is 4.92 Å². The predicted octanol–water partition coefficient (Wildman–Crippen LogP) is 1.40. The van der Waals surface area contributed by atoms with Gasteiger partial charge in [0.2, 0.25) is 0 Å². The van der Waals surface area contributed by atoms with Crippen molar-refractivity contribution in [1.82, 2.24) is 10.0 Å². The van der Waals surface area contributed by atoms with Gasteiger partial charge in [-0.2, -0.15) is 0 Å². The van der Waals surface area contributed by atoms with Crippen LogP contribution in [0.25, 0.3) is 5.70 Å². The SMILES string of the molecule is O=[N+]([O-])C1=CCN([O-])C(c2ccccn2)=C1. The monoisotopic (exact) mass is 218 g/mol. The maximum Gasteiger partial charge on any atom is 0.269 e. The van der Waals surface area contributed by atoms with Crippen molar-refractivity contribution in [2.24, 2.45) is 0 Å². The summed E-state index contributed by atoms with van der Waals surface area (Å²) in [5.74, 6) is 0. The Kier molecular flexibility index (Phi) is 2.65. The number of hydrogen-bond acceptors (Lipinski definition) is 5. The van der Waals surface area contributed by atoms with Crippen molar-refractivity contribution in [1.29, 1.82) is 0 Å². The molecule has 0 atom stereocenters. The molecule has 0 radical (unpaired) electrons. The van der Waals surface area contributed by atoms with Crippen molar-refractivity contribution in [3.05, 3.63) is 63.3 Å². The Morgan fingerprint density at radius 3 is 2.88 bits per heavy atom. The minimum absolute atomic E-state index is 0.0290. The fourth-order valence-corrected chi connectivity index (χ4v) is 1.39. The van der Waals surface area contributed by atoms with Crippen LogP contribution in [0.5, 0.6) is 0 Å². The van der Waals surface area contributed by atoms with E-state index in [1.54, 1.807) is 18.2 Å². The number of rotatable bonds is 2. The third kappa shape index (κ3) is 1.91. The number of allylic oxidation sites excluding steroid dienone is 1. The maximum atomic E-state index is 11.5. The molecule has 82 valence electrons. The molecule has 0 bridgehead atoms. The Hall–Kier alpha value is -2.21. The minimum atomic E-state index is -0.518. The minimum Gasteiger partial charge on any atom is -0.758 e. The fourth-order valence-electron chi connectivity index (χ4n) is 1.39. The summed E-state index contributed by atoms with van der Waals surface area (Å²) in [7, 11) is 0. The van der Waals surface area contributed by atoms with Crippen LogP contribution in [0.4, 0.5) is 0 Å². The first-order chi connectivity index (χ1) is 7.68. The van der Waals surface area contributed by atoms with E-state index in [0.29, 0.717) is 10.8 Å². The Morgan fingerprint density at radius 2 is 2.25 bits per heavy atom. The van der Waals surface area contributed by atoms with Crippen molar-refractivity contribution >= 4 is 5.70 Å². The highest BCUT2D eigenvalue weighted by atomic mass is 16.6. The average molecular weight is 218 g/mol. The molecule has 16 heavy (non-hydrogen) atoms. The lowest BCUT2D eigenvalue weighted by atomic mass is 10.2. The number of nitro groups is 1. The van der Waals surface area contributed by atoms with E-state index < -0.39 is 4.92 Å². The second-order valence-corrected chi connectivity index (χ2v) is 3.19. The quantitative estimate of drug-likeness (QED) is 0.553. The van der Waals surface area contributed by atoms with Crippen LogP contribution in [0.15, 0.2) is 42.2 Å². The first-order valence-corrected chi connectivity index (χ1v) is 4.61. The fraction of sp³-hybridized carbons (Fsp3) is 0.100. The van der Waals surface area contributed by atoms with E-state index in [0.717, 1.165) is 0 Å². The van der Waals surface area contributed by atoms with Gasteiger partial charge in [0.25, 0.3) is 5.70 Å². The van der Waals surface area contributed by atoms with Gasteiger partial charge in [0, 0.05) is 24.9 Å². The van der Waals surface area contributed by atoms with Gasteiger partial charge in [-0.1, -0.05) is 6.07 Å². The van der Waals surface area contributed by atoms with E-state index in [9.17, 15) is 15.3 Å². The third-order valence-corrected chi connectivity index (χ3v) is 2.16. The summed E-state index contributed by atoms with van der Waals surface area (Å²) >= 11 is 0. The molecule has 6 nitrogen and oxygen atoms in total. The topological polar surface area (TPSA) is 82.3 Å². The summed E-state index contributed by atoms with van der Waals surface area (Å²) in [5.41, 5.74) is 0.576. The van der Waals surface area contributed by atoms with Gasteiger partial charge in [0.1, 0.15) is 0 Å². The molecule has 1 aromatic heterocycles. The van der Waals surface area contributed by atoms with E-state index in [1.165, 1.54) is 18.3 Å². The lowest BCUT2D eigenvalue weighted by Gasteiger charge is -2.33. The van der Waals surface area contributed by atoms with Gasteiger partial charge in [-0.15, -0.1) is 0 Å². The molecule has 0 saturated carbocycles. The lowest BCUT2D eigenvalue weighted by Crippen LogP contribution is -2.20. The third-order valence-electron chi connectivity index (χ3n) is 2.16. The zero-order chi connectivity index (χ0) is 11.5. The Bertz CT molecular complexity index is 467. The van der Waals surface area contributed by atoms with Crippen LogP contribution < -0.4 is 0 Å². The summed E-state index contributed by atoms with van der Waals surface area (Å²) in [6, 6.07) is 5.08. The van der Waals surface area contributed by atoms with E-state index >= 15 is 0 Å². The largest absolute Gasteiger partial charge is 0.758 e. The van der Waals surface area contributed by atoms with Crippen molar-refractivity contribution in [3.8, 4) is 0 Å². The van der Waals surface area contributed by atoms with Gasteiger partial charge in [-0.3, -0.25) is 15.1 Å². The number of hydroxylamine groups is 2. The standard InChI is InChI=1S/C10H8N3O3/c14-12-6-4-8(13(15)16)7-10(12)9-3-1-2-5-11-9/h1-5,7H,6H2/q-1. The molecule has 0 amide bonds. The first kappa shape index (κ1) is 10.3. The summed E-state index contributed by atoms with van der Waals surface area (Å²) in [5, 5.41) is 22.8. The molecule has 0 fully saturated rings.